The summed E-state index contributed by atoms with van der Waals surface area (Å²) < 4.78 is 19.4. The maximum absolute atomic E-state index is 13.7. The molecule has 27 heavy (non-hydrogen) atoms. The summed E-state index contributed by atoms with van der Waals surface area (Å²) in [6.07, 6.45) is 2.87. The van der Waals surface area contributed by atoms with Gasteiger partial charge >= 0.3 is 0 Å². The summed E-state index contributed by atoms with van der Waals surface area (Å²) >= 11 is 0. The van der Waals surface area contributed by atoms with Gasteiger partial charge in [-0.05, 0) is 43.0 Å². The molecule has 0 saturated carbocycles. The molecule has 0 radical (unpaired) electrons. The standard InChI is InChI=1S/C21H24FN3O2/c1-24-12-10-16-8-9-18(23-20(16)24)21(26)25-11-4-5-15(13-25)14-27-19-7-3-2-6-17(19)22/h2-3,6-9,15H,4-5,10-14H2,1H3. The molecule has 142 valence electrons. The first-order valence-electron chi connectivity index (χ1n) is 9.49. The summed E-state index contributed by atoms with van der Waals surface area (Å²) in [5.41, 5.74) is 1.70. The summed E-state index contributed by atoms with van der Waals surface area (Å²) in [5.74, 6) is 0.988. The maximum atomic E-state index is 13.7. The van der Waals surface area contributed by atoms with Crippen molar-refractivity contribution in [2.75, 3.05) is 38.2 Å². The number of carbonyl (C=O) groups excluding carboxylic acids is 1. The molecule has 0 aliphatic carbocycles. The number of nitrogens with zero attached hydrogens (tertiary/aromatic N) is 3. The minimum atomic E-state index is -0.354. The highest BCUT2D eigenvalue weighted by molar-refractivity contribution is 5.93. The Morgan fingerprint density at radius 2 is 2.11 bits per heavy atom. The van der Waals surface area contributed by atoms with Gasteiger partial charge in [0.15, 0.2) is 11.6 Å². The quantitative estimate of drug-likeness (QED) is 0.831. The second-order valence-electron chi connectivity index (χ2n) is 7.35. The highest BCUT2D eigenvalue weighted by atomic mass is 19.1. The Bertz CT molecular complexity index is 842. The van der Waals surface area contributed by atoms with Gasteiger partial charge < -0.3 is 14.5 Å². The second kappa shape index (κ2) is 7.55. The minimum Gasteiger partial charge on any atom is -0.490 e. The molecule has 3 heterocycles. The minimum absolute atomic E-state index is 0.0336. The number of likely N-dealkylation sites (tertiary alicyclic amines) is 1. The van der Waals surface area contributed by atoms with Crippen LogP contribution in [0.1, 0.15) is 28.9 Å². The normalized spacial score (nSPS) is 19.1. The number of likely N-dealkylation sites (N-methyl/N-ethyl adjacent to an activating group) is 1. The van der Waals surface area contributed by atoms with Crippen molar-refractivity contribution < 1.29 is 13.9 Å². The number of hydrogen-bond donors (Lipinski definition) is 0. The van der Waals surface area contributed by atoms with Crippen LogP contribution in [-0.4, -0.2) is 49.1 Å². The molecule has 2 aliphatic heterocycles. The molecule has 1 fully saturated rings. The third kappa shape index (κ3) is 3.75. The molecule has 2 aromatic rings. The third-order valence-corrected chi connectivity index (χ3v) is 5.37. The van der Waals surface area contributed by atoms with Gasteiger partial charge in [-0.25, -0.2) is 9.37 Å². The molecule has 2 aliphatic rings. The molecular formula is C21H24FN3O2. The van der Waals surface area contributed by atoms with Crippen LogP contribution in [0.2, 0.25) is 0 Å². The number of anilines is 1. The lowest BCUT2D eigenvalue weighted by Gasteiger charge is -2.32. The van der Waals surface area contributed by atoms with E-state index in [-0.39, 0.29) is 23.4 Å². The van der Waals surface area contributed by atoms with Crippen molar-refractivity contribution in [3.63, 3.8) is 0 Å². The number of rotatable bonds is 4. The topological polar surface area (TPSA) is 45.7 Å². The molecule has 4 rings (SSSR count). The van der Waals surface area contributed by atoms with E-state index in [0.717, 1.165) is 38.2 Å². The van der Waals surface area contributed by atoms with Gasteiger partial charge in [0, 0.05) is 32.6 Å². The van der Waals surface area contributed by atoms with Crippen LogP contribution in [0.4, 0.5) is 10.2 Å². The van der Waals surface area contributed by atoms with Crippen LogP contribution in [0.25, 0.3) is 0 Å². The lowest BCUT2D eigenvalue weighted by molar-refractivity contribution is 0.0625. The average molecular weight is 369 g/mol. The third-order valence-electron chi connectivity index (χ3n) is 5.37. The number of benzene rings is 1. The molecule has 5 nitrogen and oxygen atoms in total. The van der Waals surface area contributed by atoms with Crippen LogP contribution in [-0.2, 0) is 6.42 Å². The van der Waals surface area contributed by atoms with Crippen molar-refractivity contribution in [3.05, 3.63) is 53.5 Å². The summed E-state index contributed by atoms with van der Waals surface area (Å²) in [4.78, 5) is 21.5. The molecule has 0 spiro atoms. The van der Waals surface area contributed by atoms with Crippen LogP contribution >= 0.6 is 0 Å². The Hall–Kier alpha value is -2.63. The first kappa shape index (κ1) is 17.8. The number of carbonyl (C=O) groups is 1. The lowest BCUT2D eigenvalue weighted by Crippen LogP contribution is -2.42. The zero-order valence-corrected chi connectivity index (χ0v) is 15.5. The van der Waals surface area contributed by atoms with Gasteiger partial charge in [-0.3, -0.25) is 4.79 Å². The van der Waals surface area contributed by atoms with E-state index in [1.54, 1.807) is 18.2 Å². The van der Waals surface area contributed by atoms with Crippen LogP contribution in [0.5, 0.6) is 5.75 Å². The SMILES string of the molecule is CN1CCc2ccc(C(=O)N3CCCC(COc4ccccc4F)C3)nc21. The molecule has 6 heteroatoms. The van der Waals surface area contributed by atoms with Crippen molar-refractivity contribution in [1.82, 2.24) is 9.88 Å². The Morgan fingerprint density at radius 1 is 1.26 bits per heavy atom. The molecule has 1 saturated heterocycles. The Labute approximate surface area is 158 Å². The number of fused-ring (bicyclic) bond motifs is 1. The van der Waals surface area contributed by atoms with E-state index in [0.29, 0.717) is 18.8 Å². The van der Waals surface area contributed by atoms with Crippen molar-refractivity contribution >= 4 is 11.7 Å². The van der Waals surface area contributed by atoms with Crippen LogP contribution in [0.3, 0.4) is 0 Å². The first-order chi connectivity index (χ1) is 13.1. The highest BCUT2D eigenvalue weighted by Crippen LogP contribution is 2.26. The Kier molecular flexibility index (Phi) is 4.97. The fourth-order valence-corrected chi connectivity index (χ4v) is 3.83. The number of hydrogen-bond acceptors (Lipinski definition) is 4. The van der Waals surface area contributed by atoms with Crippen molar-refractivity contribution in [1.29, 1.82) is 0 Å². The van der Waals surface area contributed by atoms with E-state index < -0.39 is 0 Å². The fraction of sp³-hybridized carbons (Fsp3) is 0.429. The molecular weight excluding hydrogens is 345 g/mol. The van der Waals surface area contributed by atoms with E-state index in [1.807, 2.05) is 24.1 Å². The van der Waals surface area contributed by atoms with Gasteiger partial charge in [0.25, 0.3) is 5.91 Å². The molecule has 1 atom stereocenters. The van der Waals surface area contributed by atoms with E-state index in [4.69, 9.17) is 4.74 Å². The van der Waals surface area contributed by atoms with Crippen molar-refractivity contribution in [2.24, 2.45) is 5.92 Å². The lowest BCUT2D eigenvalue weighted by atomic mass is 9.98. The van der Waals surface area contributed by atoms with Crippen LogP contribution in [0, 0.1) is 11.7 Å². The number of halogens is 1. The smallest absolute Gasteiger partial charge is 0.272 e. The predicted molar refractivity (Wildman–Crippen MR) is 102 cm³/mol. The van der Waals surface area contributed by atoms with Crippen molar-refractivity contribution in [2.45, 2.75) is 19.3 Å². The Balaban J connectivity index is 1.40. The molecule has 1 amide bonds. The molecule has 1 aromatic heterocycles. The zero-order valence-electron chi connectivity index (χ0n) is 15.5. The molecule has 1 aromatic carbocycles. The second-order valence-corrected chi connectivity index (χ2v) is 7.35. The maximum Gasteiger partial charge on any atom is 0.272 e. The van der Waals surface area contributed by atoms with E-state index in [2.05, 4.69) is 9.88 Å². The van der Waals surface area contributed by atoms with Gasteiger partial charge in [0.1, 0.15) is 11.5 Å². The van der Waals surface area contributed by atoms with Crippen molar-refractivity contribution in [3.8, 4) is 5.75 Å². The fourth-order valence-electron chi connectivity index (χ4n) is 3.83. The number of amides is 1. The van der Waals surface area contributed by atoms with E-state index >= 15 is 0 Å². The van der Waals surface area contributed by atoms with Gasteiger partial charge in [0.05, 0.1) is 6.61 Å². The number of pyridine rings is 1. The number of ether oxygens (including phenoxy) is 1. The molecule has 0 N–H and O–H groups in total. The Morgan fingerprint density at radius 3 is 2.96 bits per heavy atom. The van der Waals surface area contributed by atoms with Crippen LogP contribution < -0.4 is 9.64 Å². The number of aromatic nitrogens is 1. The van der Waals surface area contributed by atoms with Gasteiger partial charge in [-0.2, -0.15) is 0 Å². The number of piperidine rings is 1. The van der Waals surface area contributed by atoms with E-state index in [9.17, 15) is 9.18 Å². The molecule has 0 bridgehead atoms. The largest absolute Gasteiger partial charge is 0.490 e. The van der Waals surface area contributed by atoms with Gasteiger partial charge in [-0.1, -0.05) is 18.2 Å². The summed E-state index contributed by atoms with van der Waals surface area (Å²) in [7, 11) is 2.00. The monoisotopic (exact) mass is 369 g/mol. The highest BCUT2D eigenvalue weighted by Gasteiger charge is 2.27. The first-order valence-corrected chi connectivity index (χ1v) is 9.49. The average Bonchev–Trinajstić information content (AvgIpc) is 3.07. The summed E-state index contributed by atoms with van der Waals surface area (Å²) in [5, 5.41) is 0. The van der Waals surface area contributed by atoms with Gasteiger partial charge in [0.2, 0.25) is 0 Å². The molecule has 1 unspecified atom stereocenters. The van der Waals surface area contributed by atoms with Gasteiger partial charge in [-0.15, -0.1) is 0 Å². The number of para-hydroxylation sites is 1. The van der Waals surface area contributed by atoms with E-state index in [1.165, 1.54) is 11.6 Å². The predicted octanol–water partition coefficient (Wildman–Crippen LogP) is 3.14. The summed E-state index contributed by atoms with van der Waals surface area (Å²) in [6.45, 7) is 2.69. The van der Waals surface area contributed by atoms with Crippen LogP contribution in [0.15, 0.2) is 36.4 Å². The summed E-state index contributed by atoms with van der Waals surface area (Å²) in [6, 6.07) is 10.3. The zero-order chi connectivity index (χ0) is 18.8.